The van der Waals surface area contributed by atoms with E-state index in [1.807, 2.05) is 18.2 Å². The van der Waals surface area contributed by atoms with E-state index in [0.29, 0.717) is 30.8 Å². The van der Waals surface area contributed by atoms with Crippen LogP contribution in [0, 0.1) is 0 Å². The maximum absolute atomic E-state index is 12.9. The smallest absolute Gasteiger partial charge is 0.318 e. The molecule has 0 unspecified atom stereocenters. The van der Waals surface area contributed by atoms with E-state index < -0.39 is 11.1 Å². The van der Waals surface area contributed by atoms with Crippen LogP contribution in [0.2, 0.25) is 0 Å². The summed E-state index contributed by atoms with van der Waals surface area (Å²) in [6, 6.07) is 13.7. The number of aromatic nitrogens is 3. The van der Waals surface area contributed by atoms with Gasteiger partial charge in [-0.2, -0.15) is 0 Å². The maximum atomic E-state index is 12.9. The van der Waals surface area contributed by atoms with Crippen molar-refractivity contribution in [2.45, 2.75) is 26.6 Å². The molecule has 1 fully saturated rings. The number of fused-ring (bicyclic) bond motifs is 1. The Hall–Kier alpha value is -3.26. The lowest BCUT2D eigenvalue weighted by molar-refractivity contribution is -0.133. The third-order valence-corrected chi connectivity index (χ3v) is 5.57. The average Bonchev–Trinajstić information content (AvgIpc) is 2.78. The molecule has 8 heteroatoms. The van der Waals surface area contributed by atoms with Crippen LogP contribution in [0.15, 0.2) is 58.3 Å². The van der Waals surface area contributed by atoms with E-state index in [1.54, 1.807) is 30.2 Å². The first-order chi connectivity index (χ1) is 14.6. The van der Waals surface area contributed by atoms with E-state index >= 15 is 0 Å². The van der Waals surface area contributed by atoms with Gasteiger partial charge in [-0.25, -0.2) is 4.98 Å². The molecule has 156 valence electrons. The summed E-state index contributed by atoms with van der Waals surface area (Å²) in [5.41, 5.74) is 0.835. The molecule has 1 saturated heterocycles. The van der Waals surface area contributed by atoms with Crippen molar-refractivity contribution in [3.8, 4) is 0 Å². The van der Waals surface area contributed by atoms with Gasteiger partial charge in [-0.1, -0.05) is 30.3 Å². The second-order valence-corrected chi connectivity index (χ2v) is 7.43. The van der Waals surface area contributed by atoms with E-state index in [0.717, 1.165) is 19.6 Å². The van der Waals surface area contributed by atoms with Crippen LogP contribution in [-0.2, 0) is 24.4 Å². The van der Waals surface area contributed by atoms with Crippen molar-refractivity contribution in [3.05, 3.63) is 74.9 Å². The molecule has 2 aromatic heterocycles. The number of amides is 1. The Labute approximate surface area is 174 Å². The monoisotopic (exact) mass is 407 g/mol. The Balaban J connectivity index is 1.49. The molecule has 3 aromatic rings. The van der Waals surface area contributed by atoms with E-state index in [9.17, 15) is 14.4 Å². The van der Waals surface area contributed by atoms with Crippen LogP contribution in [-0.4, -0.2) is 56.0 Å². The van der Waals surface area contributed by atoms with Crippen LogP contribution < -0.4 is 11.1 Å². The Kier molecular flexibility index (Phi) is 5.76. The molecule has 0 N–H and O–H groups in total. The normalized spacial score (nSPS) is 14.9. The Morgan fingerprint density at radius 2 is 1.63 bits per heavy atom. The topological polar surface area (TPSA) is 80.4 Å². The number of hydrogen-bond donors (Lipinski definition) is 0. The summed E-state index contributed by atoms with van der Waals surface area (Å²) in [4.78, 5) is 46.4. The molecule has 3 heterocycles. The summed E-state index contributed by atoms with van der Waals surface area (Å²) < 4.78 is 2.61. The zero-order chi connectivity index (χ0) is 21.1. The quantitative estimate of drug-likeness (QED) is 0.588. The van der Waals surface area contributed by atoms with Gasteiger partial charge < -0.3 is 4.90 Å². The van der Waals surface area contributed by atoms with Crippen LogP contribution in [0.1, 0.15) is 12.5 Å². The van der Waals surface area contributed by atoms with E-state index in [1.165, 1.54) is 14.7 Å². The molecule has 0 aliphatic carbocycles. The van der Waals surface area contributed by atoms with Crippen LogP contribution in [0.4, 0.5) is 0 Å². The van der Waals surface area contributed by atoms with E-state index in [4.69, 9.17) is 0 Å². The van der Waals surface area contributed by atoms with E-state index in [2.05, 4.69) is 22.0 Å². The lowest BCUT2D eigenvalue weighted by Crippen LogP contribution is -2.50. The molecule has 30 heavy (non-hydrogen) atoms. The Morgan fingerprint density at radius 1 is 0.933 bits per heavy atom. The molecule has 1 aliphatic rings. The highest BCUT2D eigenvalue weighted by molar-refractivity contribution is 5.79. The highest BCUT2D eigenvalue weighted by Gasteiger charge is 2.23. The summed E-state index contributed by atoms with van der Waals surface area (Å²) in [5, 5.41) is 0. The summed E-state index contributed by atoms with van der Waals surface area (Å²) in [5.74, 6) is -0.157. The zero-order valence-electron chi connectivity index (χ0n) is 17.0. The number of rotatable bonds is 5. The number of benzene rings is 1. The minimum atomic E-state index is -0.687. The second-order valence-electron chi connectivity index (χ2n) is 7.43. The number of pyridine rings is 1. The van der Waals surface area contributed by atoms with Gasteiger partial charge in [-0.3, -0.25) is 28.4 Å². The van der Waals surface area contributed by atoms with Crippen LogP contribution >= 0.6 is 0 Å². The van der Waals surface area contributed by atoms with Crippen molar-refractivity contribution >= 4 is 17.1 Å². The second kappa shape index (κ2) is 8.62. The van der Waals surface area contributed by atoms with Crippen molar-refractivity contribution in [1.82, 2.24) is 23.9 Å². The fourth-order valence-electron chi connectivity index (χ4n) is 3.93. The summed E-state index contributed by atoms with van der Waals surface area (Å²) in [7, 11) is 0. The van der Waals surface area contributed by atoms with Gasteiger partial charge in [0.05, 0.1) is 5.52 Å². The first-order valence-corrected chi connectivity index (χ1v) is 10.2. The first-order valence-electron chi connectivity index (χ1n) is 10.2. The SMILES string of the molecule is CCn1c(=O)c(=O)n(CC(=O)N2CCN(Cc3ccccc3)CC2)c2cccnc21. The van der Waals surface area contributed by atoms with Crippen molar-refractivity contribution in [1.29, 1.82) is 0 Å². The standard InChI is InChI=1S/C22H25N5O3/c1-2-26-20-18(9-6-10-23-20)27(22(30)21(26)29)16-19(28)25-13-11-24(12-14-25)15-17-7-4-3-5-8-17/h3-10H,2,11-16H2,1H3. The third kappa shape index (κ3) is 3.91. The first kappa shape index (κ1) is 20.0. The van der Waals surface area contributed by atoms with Crippen molar-refractivity contribution in [3.63, 3.8) is 0 Å². The molecule has 0 radical (unpaired) electrons. The van der Waals surface area contributed by atoms with Gasteiger partial charge in [-0.05, 0) is 24.6 Å². The van der Waals surface area contributed by atoms with Gasteiger partial charge in [0.2, 0.25) is 5.91 Å². The summed E-state index contributed by atoms with van der Waals surface area (Å²) in [6.45, 7) is 5.59. The lowest BCUT2D eigenvalue weighted by Gasteiger charge is -2.35. The number of carbonyl (C=O) groups is 1. The zero-order valence-corrected chi connectivity index (χ0v) is 17.0. The molecule has 0 saturated carbocycles. The maximum Gasteiger partial charge on any atom is 0.318 e. The Morgan fingerprint density at radius 3 is 2.33 bits per heavy atom. The van der Waals surface area contributed by atoms with Crippen molar-refractivity contribution < 1.29 is 4.79 Å². The largest absolute Gasteiger partial charge is 0.339 e. The van der Waals surface area contributed by atoms with Crippen molar-refractivity contribution in [2.75, 3.05) is 26.2 Å². The third-order valence-electron chi connectivity index (χ3n) is 5.57. The van der Waals surface area contributed by atoms with Crippen LogP contribution in [0.3, 0.4) is 0 Å². The van der Waals surface area contributed by atoms with Crippen molar-refractivity contribution in [2.24, 2.45) is 0 Å². The fourth-order valence-corrected chi connectivity index (χ4v) is 3.93. The van der Waals surface area contributed by atoms with Gasteiger partial charge in [-0.15, -0.1) is 0 Å². The molecule has 8 nitrogen and oxygen atoms in total. The molecular formula is C22H25N5O3. The predicted octanol–water partition coefficient (Wildman–Crippen LogP) is 0.923. The summed E-state index contributed by atoms with van der Waals surface area (Å²) >= 11 is 0. The molecule has 1 aliphatic heterocycles. The lowest BCUT2D eigenvalue weighted by atomic mass is 10.2. The predicted molar refractivity (Wildman–Crippen MR) is 114 cm³/mol. The van der Waals surface area contributed by atoms with Gasteiger partial charge in [0.1, 0.15) is 6.54 Å². The number of piperazine rings is 1. The molecule has 1 aromatic carbocycles. The van der Waals surface area contributed by atoms with Crippen LogP contribution in [0.5, 0.6) is 0 Å². The van der Waals surface area contributed by atoms with Gasteiger partial charge in [0, 0.05) is 45.5 Å². The number of aryl methyl sites for hydroxylation is 1. The minimum absolute atomic E-state index is 0.153. The molecule has 4 rings (SSSR count). The minimum Gasteiger partial charge on any atom is -0.339 e. The molecule has 1 amide bonds. The fraction of sp³-hybridized carbons (Fsp3) is 0.364. The Bertz CT molecular complexity index is 1160. The number of hydrogen-bond acceptors (Lipinski definition) is 5. The number of nitrogens with zero attached hydrogens (tertiary/aromatic N) is 5. The molecular weight excluding hydrogens is 382 g/mol. The highest BCUT2D eigenvalue weighted by atomic mass is 16.2. The summed E-state index contributed by atoms with van der Waals surface area (Å²) in [6.07, 6.45) is 1.58. The molecule has 0 atom stereocenters. The van der Waals surface area contributed by atoms with E-state index in [-0.39, 0.29) is 12.5 Å². The highest BCUT2D eigenvalue weighted by Crippen LogP contribution is 2.11. The number of carbonyl (C=O) groups excluding carboxylic acids is 1. The van der Waals surface area contributed by atoms with Gasteiger partial charge >= 0.3 is 11.1 Å². The van der Waals surface area contributed by atoms with Gasteiger partial charge in [0.15, 0.2) is 5.65 Å². The molecule has 0 bridgehead atoms. The van der Waals surface area contributed by atoms with Crippen LogP contribution in [0.25, 0.3) is 11.2 Å². The molecule has 0 spiro atoms. The van der Waals surface area contributed by atoms with Gasteiger partial charge in [0.25, 0.3) is 0 Å². The average molecular weight is 407 g/mol.